The van der Waals surface area contributed by atoms with Crippen LogP contribution in [0, 0.1) is 0 Å². The van der Waals surface area contributed by atoms with Gasteiger partial charge >= 0.3 is 5.97 Å². The highest BCUT2D eigenvalue weighted by Gasteiger charge is 2.22. The molecule has 0 saturated heterocycles. The molecule has 1 aromatic rings. The molecule has 1 N–H and O–H groups in total. The van der Waals surface area contributed by atoms with Gasteiger partial charge in [0.15, 0.2) is 11.4 Å². The van der Waals surface area contributed by atoms with Crippen LogP contribution in [0.2, 0.25) is 0 Å². The van der Waals surface area contributed by atoms with Gasteiger partial charge in [-0.1, -0.05) is 0 Å². The van der Waals surface area contributed by atoms with Crippen molar-refractivity contribution in [2.24, 2.45) is 0 Å². The fourth-order valence-electron chi connectivity index (χ4n) is 1.05. The average Bonchev–Trinajstić information content (AvgIpc) is 2.27. The lowest BCUT2D eigenvalue weighted by molar-refractivity contribution is 0.0592. The monoisotopic (exact) mass is 233 g/mol. The van der Waals surface area contributed by atoms with Crippen molar-refractivity contribution in [2.75, 3.05) is 14.2 Å². The minimum Gasteiger partial charge on any atom is -0.503 e. The van der Waals surface area contributed by atoms with Crippen LogP contribution in [0.15, 0.2) is 6.07 Å². The third-order valence-electron chi connectivity index (χ3n) is 1.81. The molecule has 0 aliphatic heterocycles. The first-order valence-electron chi connectivity index (χ1n) is 4.15. The fraction of sp³-hybridized carbons (Fsp3) is 0.333. The molecule has 5 nitrogen and oxygen atoms in total. The molecule has 0 amide bonds. The standard InChI is InChI=1S/C9H9F2NO4/c1-15-8-6(13)4(7(10)11)3-5(12-8)9(14)16-2/h3,7,13H,1-2H3. The van der Waals surface area contributed by atoms with Crippen molar-refractivity contribution in [3.8, 4) is 11.6 Å². The molecule has 0 fully saturated rings. The number of methoxy groups -OCH3 is 2. The molecule has 0 bridgehead atoms. The second-order valence-corrected chi connectivity index (χ2v) is 2.75. The van der Waals surface area contributed by atoms with Crippen molar-refractivity contribution in [3.05, 3.63) is 17.3 Å². The molecule has 0 atom stereocenters. The van der Waals surface area contributed by atoms with E-state index in [4.69, 9.17) is 0 Å². The maximum Gasteiger partial charge on any atom is 0.356 e. The van der Waals surface area contributed by atoms with E-state index in [1.54, 1.807) is 0 Å². The molecular formula is C9H9F2NO4. The van der Waals surface area contributed by atoms with Gasteiger partial charge in [-0.15, -0.1) is 0 Å². The summed E-state index contributed by atoms with van der Waals surface area (Å²) in [6.45, 7) is 0. The molecule has 0 aliphatic carbocycles. The van der Waals surface area contributed by atoms with E-state index < -0.39 is 29.6 Å². The lowest BCUT2D eigenvalue weighted by atomic mass is 10.2. The van der Waals surface area contributed by atoms with Crippen molar-refractivity contribution in [1.29, 1.82) is 0 Å². The predicted molar refractivity (Wildman–Crippen MR) is 48.8 cm³/mol. The van der Waals surface area contributed by atoms with Gasteiger partial charge in [-0.25, -0.2) is 18.6 Å². The minimum atomic E-state index is -2.94. The van der Waals surface area contributed by atoms with E-state index in [0.717, 1.165) is 20.3 Å². The topological polar surface area (TPSA) is 68.7 Å². The van der Waals surface area contributed by atoms with Crippen LogP contribution < -0.4 is 4.74 Å². The van der Waals surface area contributed by atoms with E-state index in [2.05, 4.69) is 14.5 Å². The third-order valence-corrected chi connectivity index (χ3v) is 1.81. The number of aromatic nitrogens is 1. The van der Waals surface area contributed by atoms with Crippen molar-refractivity contribution < 1.29 is 28.2 Å². The van der Waals surface area contributed by atoms with Crippen molar-refractivity contribution in [3.63, 3.8) is 0 Å². The van der Waals surface area contributed by atoms with Crippen LogP contribution in [0.25, 0.3) is 0 Å². The Hall–Kier alpha value is -1.92. The summed E-state index contributed by atoms with van der Waals surface area (Å²) in [6, 6.07) is 0.758. The number of halogens is 2. The Labute approximate surface area is 89.6 Å². The predicted octanol–water partition coefficient (Wildman–Crippen LogP) is 1.52. The van der Waals surface area contributed by atoms with Crippen molar-refractivity contribution in [1.82, 2.24) is 4.98 Å². The summed E-state index contributed by atoms with van der Waals surface area (Å²) in [5, 5.41) is 9.32. The van der Waals surface area contributed by atoms with Gasteiger partial charge in [0, 0.05) is 0 Å². The van der Waals surface area contributed by atoms with Crippen LogP contribution in [0.1, 0.15) is 22.5 Å². The highest BCUT2D eigenvalue weighted by Crippen LogP contribution is 2.35. The average molecular weight is 233 g/mol. The highest BCUT2D eigenvalue weighted by molar-refractivity contribution is 5.87. The van der Waals surface area contributed by atoms with Gasteiger partial charge in [-0.05, 0) is 6.07 Å². The Balaban J connectivity index is 3.34. The van der Waals surface area contributed by atoms with E-state index in [0.29, 0.717) is 0 Å². The van der Waals surface area contributed by atoms with Crippen LogP contribution in [-0.2, 0) is 4.74 Å². The fourth-order valence-corrected chi connectivity index (χ4v) is 1.05. The molecule has 0 aromatic carbocycles. The summed E-state index contributed by atoms with van der Waals surface area (Å²) in [5.41, 5.74) is -1.08. The smallest absolute Gasteiger partial charge is 0.356 e. The van der Waals surface area contributed by atoms with Gasteiger partial charge in [0.2, 0.25) is 0 Å². The number of carbonyl (C=O) groups excluding carboxylic acids is 1. The van der Waals surface area contributed by atoms with Gasteiger partial charge < -0.3 is 14.6 Å². The number of esters is 1. The molecular weight excluding hydrogens is 224 g/mol. The molecule has 16 heavy (non-hydrogen) atoms. The number of pyridine rings is 1. The van der Waals surface area contributed by atoms with E-state index in [9.17, 15) is 18.7 Å². The second-order valence-electron chi connectivity index (χ2n) is 2.75. The third kappa shape index (κ3) is 2.18. The largest absolute Gasteiger partial charge is 0.503 e. The molecule has 7 heteroatoms. The quantitative estimate of drug-likeness (QED) is 0.801. The van der Waals surface area contributed by atoms with Gasteiger partial charge in [-0.3, -0.25) is 0 Å². The first kappa shape index (κ1) is 12.2. The minimum absolute atomic E-state index is 0.354. The van der Waals surface area contributed by atoms with Crippen LogP contribution in [-0.4, -0.2) is 30.3 Å². The maximum absolute atomic E-state index is 12.5. The molecule has 1 heterocycles. The van der Waals surface area contributed by atoms with Gasteiger partial charge in [0.05, 0.1) is 19.8 Å². The Morgan fingerprint density at radius 2 is 2.12 bits per heavy atom. The molecule has 0 saturated carbocycles. The first-order chi connectivity index (χ1) is 7.51. The van der Waals surface area contributed by atoms with Crippen LogP contribution in [0.5, 0.6) is 11.6 Å². The number of aromatic hydroxyl groups is 1. The van der Waals surface area contributed by atoms with Crippen molar-refractivity contribution >= 4 is 5.97 Å². The first-order valence-corrected chi connectivity index (χ1v) is 4.15. The molecule has 0 unspecified atom stereocenters. The number of nitrogens with zero attached hydrogens (tertiary/aromatic N) is 1. The molecule has 1 aromatic heterocycles. The number of hydrogen-bond donors (Lipinski definition) is 1. The molecule has 0 spiro atoms. The zero-order chi connectivity index (χ0) is 12.3. The Morgan fingerprint density at radius 1 is 1.50 bits per heavy atom. The second kappa shape index (κ2) is 4.73. The van der Waals surface area contributed by atoms with Crippen LogP contribution in [0.4, 0.5) is 8.78 Å². The Kier molecular flexibility index (Phi) is 3.60. The summed E-state index contributed by atoms with van der Waals surface area (Å²) >= 11 is 0. The molecule has 1 rings (SSSR count). The van der Waals surface area contributed by atoms with Gasteiger partial charge in [0.1, 0.15) is 0 Å². The molecule has 0 radical (unpaired) electrons. The zero-order valence-corrected chi connectivity index (χ0v) is 8.53. The summed E-state index contributed by atoms with van der Waals surface area (Å²) in [7, 11) is 2.23. The maximum atomic E-state index is 12.5. The van der Waals surface area contributed by atoms with Gasteiger partial charge in [0.25, 0.3) is 12.3 Å². The summed E-state index contributed by atoms with van der Waals surface area (Å²) < 4.78 is 33.9. The van der Waals surface area contributed by atoms with E-state index in [1.165, 1.54) is 0 Å². The summed E-state index contributed by atoms with van der Waals surface area (Å²) in [5.74, 6) is -2.12. The van der Waals surface area contributed by atoms with Crippen molar-refractivity contribution in [2.45, 2.75) is 6.43 Å². The van der Waals surface area contributed by atoms with E-state index >= 15 is 0 Å². The normalized spacial score (nSPS) is 10.3. The highest BCUT2D eigenvalue weighted by atomic mass is 19.3. The molecule has 0 aliphatic rings. The lowest BCUT2D eigenvalue weighted by Crippen LogP contribution is -2.07. The number of hydrogen-bond acceptors (Lipinski definition) is 5. The number of carbonyl (C=O) groups is 1. The lowest BCUT2D eigenvalue weighted by Gasteiger charge is -2.09. The summed E-state index contributed by atoms with van der Waals surface area (Å²) in [4.78, 5) is 14.6. The van der Waals surface area contributed by atoms with Gasteiger partial charge in [-0.2, -0.15) is 0 Å². The summed E-state index contributed by atoms with van der Waals surface area (Å²) in [6.07, 6.45) is -2.94. The van der Waals surface area contributed by atoms with Crippen LogP contribution >= 0.6 is 0 Å². The number of alkyl halides is 2. The Morgan fingerprint density at radius 3 is 2.56 bits per heavy atom. The number of ether oxygens (including phenoxy) is 2. The SMILES string of the molecule is COC(=O)c1cc(C(F)F)c(O)c(OC)n1. The number of rotatable bonds is 3. The molecule has 88 valence electrons. The zero-order valence-electron chi connectivity index (χ0n) is 8.53. The van der Waals surface area contributed by atoms with E-state index in [1.807, 2.05) is 0 Å². The Bertz CT molecular complexity index is 409. The van der Waals surface area contributed by atoms with E-state index in [-0.39, 0.29) is 5.69 Å². The van der Waals surface area contributed by atoms with Crippen LogP contribution in [0.3, 0.4) is 0 Å².